The van der Waals surface area contributed by atoms with Crippen molar-refractivity contribution < 1.29 is 4.79 Å². The zero-order valence-corrected chi connectivity index (χ0v) is 14.9. The minimum atomic E-state index is 0.0301. The average molecular weight is 339 g/mol. The Balaban J connectivity index is 1.59. The number of nitrogens with zero attached hydrogens (tertiary/aromatic N) is 5. The Morgan fingerprint density at radius 1 is 1.04 bits per heavy atom. The highest BCUT2D eigenvalue weighted by Crippen LogP contribution is 2.30. The van der Waals surface area contributed by atoms with Crippen LogP contribution in [-0.4, -0.2) is 62.9 Å². The number of amides is 1. The van der Waals surface area contributed by atoms with Gasteiger partial charge in [0.15, 0.2) is 5.69 Å². The second-order valence-electron chi connectivity index (χ2n) is 7.16. The van der Waals surface area contributed by atoms with Crippen LogP contribution in [0.15, 0.2) is 30.3 Å². The fourth-order valence-electron chi connectivity index (χ4n) is 4.26. The molecular formula is C19H25N5O. The van der Waals surface area contributed by atoms with Crippen molar-refractivity contribution in [1.29, 1.82) is 0 Å². The lowest BCUT2D eigenvalue weighted by Gasteiger charge is -2.32. The van der Waals surface area contributed by atoms with E-state index in [-0.39, 0.29) is 5.91 Å². The normalized spacial score (nSPS) is 24.2. The Morgan fingerprint density at radius 2 is 1.76 bits per heavy atom. The second kappa shape index (κ2) is 6.59. The number of likely N-dealkylation sites (N-methyl/N-ethyl adjacent to an activating group) is 1. The van der Waals surface area contributed by atoms with E-state index < -0.39 is 0 Å². The number of rotatable bonds is 3. The van der Waals surface area contributed by atoms with Crippen molar-refractivity contribution in [2.24, 2.45) is 0 Å². The van der Waals surface area contributed by atoms with Crippen molar-refractivity contribution in [1.82, 2.24) is 24.8 Å². The minimum absolute atomic E-state index is 0.0301. The molecule has 0 radical (unpaired) electrons. The molecule has 25 heavy (non-hydrogen) atoms. The second-order valence-corrected chi connectivity index (χ2v) is 7.16. The molecule has 0 bridgehead atoms. The van der Waals surface area contributed by atoms with Gasteiger partial charge in [-0.3, -0.25) is 4.79 Å². The predicted molar refractivity (Wildman–Crippen MR) is 95.8 cm³/mol. The van der Waals surface area contributed by atoms with Crippen LogP contribution in [0.2, 0.25) is 0 Å². The van der Waals surface area contributed by atoms with Crippen LogP contribution in [-0.2, 0) is 0 Å². The number of hydrogen-bond acceptors (Lipinski definition) is 4. The SMILES string of the molecule is Cc1nn(-c2ccccc2)nc1C(=O)N1CCC[C@@H]1[C@@H]1CCCN1C. The summed E-state index contributed by atoms with van der Waals surface area (Å²) in [7, 11) is 2.18. The van der Waals surface area contributed by atoms with Gasteiger partial charge in [-0.2, -0.15) is 9.90 Å². The number of hydrogen-bond donors (Lipinski definition) is 0. The van der Waals surface area contributed by atoms with Crippen molar-refractivity contribution in [3.05, 3.63) is 41.7 Å². The zero-order chi connectivity index (χ0) is 17.4. The molecular weight excluding hydrogens is 314 g/mol. The van der Waals surface area contributed by atoms with Gasteiger partial charge in [0.25, 0.3) is 5.91 Å². The molecule has 1 amide bonds. The maximum atomic E-state index is 13.2. The smallest absolute Gasteiger partial charge is 0.276 e. The van der Waals surface area contributed by atoms with Crippen molar-refractivity contribution in [2.45, 2.75) is 44.7 Å². The first-order chi connectivity index (χ1) is 12.1. The van der Waals surface area contributed by atoms with E-state index in [1.165, 1.54) is 12.8 Å². The summed E-state index contributed by atoms with van der Waals surface area (Å²) in [6, 6.07) is 10.5. The van der Waals surface area contributed by atoms with Gasteiger partial charge in [-0.05, 0) is 58.3 Å². The molecule has 2 aromatic rings. The van der Waals surface area contributed by atoms with Crippen LogP contribution in [0.1, 0.15) is 41.9 Å². The van der Waals surface area contributed by atoms with Gasteiger partial charge in [0.1, 0.15) is 0 Å². The summed E-state index contributed by atoms with van der Waals surface area (Å²) in [5.74, 6) is 0.0301. The third kappa shape index (κ3) is 2.95. The van der Waals surface area contributed by atoms with E-state index in [1.807, 2.05) is 42.2 Å². The molecule has 2 fully saturated rings. The third-order valence-electron chi connectivity index (χ3n) is 5.55. The van der Waals surface area contributed by atoms with E-state index in [1.54, 1.807) is 4.80 Å². The quantitative estimate of drug-likeness (QED) is 0.861. The standard InChI is InChI=1S/C19H25N5O/c1-14-18(21-24(20-14)15-8-4-3-5-9-15)19(25)23-13-7-11-17(23)16-10-6-12-22(16)2/h3-5,8-9,16-17H,6-7,10-13H2,1-2H3/t16-,17+/m0/s1. The summed E-state index contributed by atoms with van der Waals surface area (Å²) in [5, 5.41) is 8.96. The van der Waals surface area contributed by atoms with Crippen LogP contribution in [0.5, 0.6) is 0 Å². The zero-order valence-electron chi connectivity index (χ0n) is 14.9. The van der Waals surface area contributed by atoms with E-state index >= 15 is 0 Å². The number of aromatic nitrogens is 3. The number of para-hydroxylation sites is 1. The van der Waals surface area contributed by atoms with E-state index in [9.17, 15) is 4.79 Å². The van der Waals surface area contributed by atoms with Crippen molar-refractivity contribution in [2.75, 3.05) is 20.1 Å². The molecule has 1 aromatic carbocycles. The molecule has 4 rings (SSSR count). The largest absolute Gasteiger partial charge is 0.333 e. The molecule has 2 saturated heterocycles. The highest BCUT2D eigenvalue weighted by atomic mass is 16.2. The predicted octanol–water partition coefficient (Wildman–Crippen LogP) is 2.27. The fourth-order valence-corrected chi connectivity index (χ4v) is 4.26. The first-order valence-electron chi connectivity index (χ1n) is 9.16. The van der Waals surface area contributed by atoms with Crippen LogP contribution >= 0.6 is 0 Å². The molecule has 132 valence electrons. The Hall–Kier alpha value is -2.21. The maximum absolute atomic E-state index is 13.2. The van der Waals surface area contributed by atoms with Crippen molar-refractivity contribution in [3.63, 3.8) is 0 Å². The number of carbonyl (C=O) groups excluding carboxylic acids is 1. The first-order valence-corrected chi connectivity index (χ1v) is 9.16. The van der Waals surface area contributed by atoms with Gasteiger partial charge in [-0.1, -0.05) is 18.2 Å². The third-order valence-corrected chi connectivity index (χ3v) is 5.55. The highest BCUT2D eigenvalue weighted by Gasteiger charge is 2.39. The van der Waals surface area contributed by atoms with Crippen molar-refractivity contribution in [3.8, 4) is 5.69 Å². The van der Waals surface area contributed by atoms with Crippen LogP contribution in [0.4, 0.5) is 0 Å². The molecule has 0 saturated carbocycles. The molecule has 6 nitrogen and oxygen atoms in total. The summed E-state index contributed by atoms with van der Waals surface area (Å²) in [6.45, 7) is 3.82. The molecule has 2 aliphatic heterocycles. The lowest BCUT2D eigenvalue weighted by Crippen LogP contribution is -2.47. The van der Waals surface area contributed by atoms with Crippen LogP contribution in [0, 0.1) is 6.92 Å². The minimum Gasteiger partial charge on any atom is -0.333 e. The van der Waals surface area contributed by atoms with Crippen LogP contribution in [0.3, 0.4) is 0 Å². The molecule has 2 atom stereocenters. The molecule has 0 aliphatic carbocycles. The molecule has 0 N–H and O–H groups in total. The molecule has 1 aromatic heterocycles. The Bertz CT molecular complexity index is 756. The summed E-state index contributed by atoms with van der Waals surface area (Å²) < 4.78 is 0. The summed E-state index contributed by atoms with van der Waals surface area (Å²) >= 11 is 0. The topological polar surface area (TPSA) is 54.3 Å². The number of likely N-dealkylation sites (tertiary alicyclic amines) is 2. The fraction of sp³-hybridized carbons (Fsp3) is 0.526. The van der Waals surface area contributed by atoms with Gasteiger partial charge in [0.05, 0.1) is 11.4 Å². The lowest BCUT2D eigenvalue weighted by atomic mass is 10.0. The average Bonchev–Trinajstić information content (AvgIpc) is 3.34. The van der Waals surface area contributed by atoms with Crippen LogP contribution < -0.4 is 0 Å². The van der Waals surface area contributed by atoms with E-state index in [4.69, 9.17) is 0 Å². The van der Waals surface area contributed by atoms with Gasteiger partial charge in [-0.15, -0.1) is 5.10 Å². The van der Waals surface area contributed by atoms with Gasteiger partial charge < -0.3 is 9.80 Å². The summed E-state index contributed by atoms with van der Waals surface area (Å²) in [6.07, 6.45) is 4.57. The van der Waals surface area contributed by atoms with Crippen molar-refractivity contribution >= 4 is 5.91 Å². The molecule has 6 heteroatoms. The van der Waals surface area contributed by atoms with Gasteiger partial charge >= 0.3 is 0 Å². The highest BCUT2D eigenvalue weighted by molar-refractivity contribution is 5.93. The molecule has 3 heterocycles. The maximum Gasteiger partial charge on any atom is 0.276 e. The monoisotopic (exact) mass is 339 g/mol. The number of carbonyl (C=O) groups is 1. The van der Waals surface area contributed by atoms with E-state index in [0.29, 0.717) is 23.5 Å². The molecule has 2 aliphatic rings. The van der Waals surface area contributed by atoms with E-state index in [0.717, 1.165) is 31.6 Å². The van der Waals surface area contributed by atoms with Gasteiger partial charge in [0.2, 0.25) is 0 Å². The Kier molecular flexibility index (Phi) is 4.29. The lowest BCUT2D eigenvalue weighted by molar-refractivity contribution is 0.0657. The Morgan fingerprint density at radius 3 is 2.48 bits per heavy atom. The van der Waals surface area contributed by atoms with E-state index in [2.05, 4.69) is 22.1 Å². The molecule has 0 unspecified atom stereocenters. The number of benzene rings is 1. The summed E-state index contributed by atoms with van der Waals surface area (Å²) in [4.78, 5) is 19.2. The van der Waals surface area contributed by atoms with Gasteiger partial charge in [-0.25, -0.2) is 0 Å². The summed E-state index contributed by atoms with van der Waals surface area (Å²) in [5.41, 5.74) is 2.05. The van der Waals surface area contributed by atoms with Gasteiger partial charge in [0, 0.05) is 18.6 Å². The van der Waals surface area contributed by atoms with Crippen LogP contribution in [0.25, 0.3) is 5.69 Å². The molecule has 0 spiro atoms. The Labute approximate surface area is 148 Å². The number of aryl methyl sites for hydroxylation is 1. The first kappa shape index (κ1) is 16.3.